The fraction of sp³-hybridized carbons (Fsp3) is 0.583. The Morgan fingerprint density at radius 3 is 2.42 bits per heavy atom. The van der Waals surface area contributed by atoms with Crippen LogP contribution >= 0.6 is 11.3 Å². The maximum absolute atomic E-state index is 12.0. The molecule has 33 heavy (non-hydrogen) atoms. The van der Waals surface area contributed by atoms with Crippen LogP contribution in [-0.4, -0.2) is 67.8 Å². The van der Waals surface area contributed by atoms with E-state index in [9.17, 15) is 9.59 Å². The maximum Gasteiger partial charge on any atom is 0.317 e. The SMILES string of the molecule is CC.CCC.CCCN=CNc1c(C=O)sc2nccc(N3CCN(C(=O)NCC)CC3)c12. The molecule has 3 heterocycles. The van der Waals surface area contributed by atoms with Crippen LogP contribution in [0.5, 0.6) is 0 Å². The van der Waals surface area contributed by atoms with Gasteiger partial charge >= 0.3 is 6.03 Å². The monoisotopic (exact) mass is 476 g/mol. The molecule has 2 aromatic rings. The number of nitrogens with zero attached hydrogens (tertiary/aromatic N) is 4. The molecule has 1 saturated heterocycles. The van der Waals surface area contributed by atoms with Crippen molar-refractivity contribution in [3.05, 3.63) is 17.1 Å². The molecule has 184 valence electrons. The van der Waals surface area contributed by atoms with Crippen molar-refractivity contribution in [3.63, 3.8) is 0 Å². The Hall–Kier alpha value is -2.68. The first-order chi connectivity index (χ1) is 16.1. The van der Waals surface area contributed by atoms with Gasteiger partial charge in [-0.25, -0.2) is 9.78 Å². The molecule has 0 atom stereocenters. The number of aldehydes is 1. The molecule has 0 radical (unpaired) electrons. The van der Waals surface area contributed by atoms with Gasteiger partial charge in [0.25, 0.3) is 0 Å². The molecule has 2 aromatic heterocycles. The first kappa shape index (κ1) is 28.4. The number of amides is 2. The van der Waals surface area contributed by atoms with Crippen molar-refractivity contribution in [2.24, 2.45) is 4.99 Å². The number of anilines is 2. The van der Waals surface area contributed by atoms with Gasteiger partial charge in [0.05, 0.1) is 28.0 Å². The van der Waals surface area contributed by atoms with Gasteiger partial charge in [-0.1, -0.05) is 41.0 Å². The molecular formula is C24H40N6O2S. The summed E-state index contributed by atoms with van der Waals surface area (Å²) in [7, 11) is 0. The highest BCUT2D eigenvalue weighted by Gasteiger charge is 2.24. The van der Waals surface area contributed by atoms with Crippen LogP contribution in [0.15, 0.2) is 17.3 Å². The molecule has 0 unspecified atom stereocenters. The molecule has 2 amide bonds. The van der Waals surface area contributed by atoms with Gasteiger partial charge in [0.1, 0.15) is 4.83 Å². The zero-order valence-corrected chi connectivity index (χ0v) is 21.8. The van der Waals surface area contributed by atoms with Gasteiger partial charge in [-0.3, -0.25) is 9.79 Å². The summed E-state index contributed by atoms with van der Waals surface area (Å²) in [6.45, 7) is 16.4. The first-order valence-corrected chi connectivity index (χ1v) is 12.8. The molecule has 9 heteroatoms. The standard InChI is InChI=1S/C19H26N6O2S.C3H8.C2H6/c1-3-6-20-13-23-17-15(12-26)28-18-16(17)14(5-7-22-18)24-8-10-25(11-9-24)19(27)21-4-2;1-3-2;1-2/h5,7,12-13H,3-4,6,8-11H2,1-2H3,(H,20,23)(H,21,27);3H2,1-2H3;1-2H3. The average molecular weight is 477 g/mol. The molecule has 1 aliphatic rings. The molecule has 0 bridgehead atoms. The third-order valence-corrected chi connectivity index (χ3v) is 5.62. The van der Waals surface area contributed by atoms with Gasteiger partial charge in [0.2, 0.25) is 0 Å². The highest BCUT2D eigenvalue weighted by atomic mass is 32.1. The normalized spacial score (nSPS) is 13.2. The van der Waals surface area contributed by atoms with E-state index in [2.05, 4.69) is 46.3 Å². The van der Waals surface area contributed by atoms with Gasteiger partial charge in [-0.05, 0) is 19.4 Å². The number of hydrogen-bond acceptors (Lipinski definition) is 6. The van der Waals surface area contributed by atoms with Crippen LogP contribution in [0.3, 0.4) is 0 Å². The topological polar surface area (TPSA) is 89.9 Å². The average Bonchev–Trinajstić information content (AvgIpc) is 3.22. The molecule has 0 saturated carbocycles. The second-order valence-corrected chi connectivity index (χ2v) is 8.20. The minimum Gasteiger partial charge on any atom is -0.367 e. The Kier molecular flexibility index (Phi) is 13.8. The summed E-state index contributed by atoms with van der Waals surface area (Å²) in [4.78, 5) is 37.9. The number of aliphatic imine (C=N–C) groups is 1. The molecule has 0 spiro atoms. The number of piperazine rings is 1. The maximum atomic E-state index is 12.0. The third-order valence-electron chi connectivity index (χ3n) is 4.59. The first-order valence-electron chi connectivity index (χ1n) is 12.0. The summed E-state index contributed by atoms with van der Waals surface area (Å²) in [6.07, 6.45) is 6.50. The van der Waals surface area contributed by atoms with E-state index in [0.717, 1.165) is 53.9 Å². The fourth-order valence-electron chi connectivity index (χ4n) is 3.23. The number of urea groups is 1. The van der Waals surface area contributed by atoms with Crippen LogP contribution in [-0.2, 0) is 0 Å². The summed E-state index contributed by atoms with van der Waals surface area (Å²) >= 11 is 1.37. The van der Waals surface area contributed by atoms with Crippen molar-refractivity contribution in [1.82, 2.24) is 15.2 Å². The second kappa shape index (κ2) is 16.0. The lowest BCUT2D eigenvalue weighted by atomic mass is 10.2. The quantitative estimate of drug-likeness (QED) is 0.323. The molecule has 1 fully saturated rings. The van der Waals surface area contributed by atoms with E-state index < -0.39 is 0 Å². The Labute approximate surface area is 202 Å². The van der Waals surface area contributed by atoms with E-state index in [4.69, 9.17) is 0 Å². The largest absolute Gasteiger partial charge is 0.367 e. The lowest BCUT2D eigenvalue weighted by molar-refractivity contribution is 0.112. The van der Waals surface area contributed by atoms with Crippen LogP contribution in [0.4, 0.5) is 16.2 Å². The number of nitrogens with one attached hydrogen (secondary N) is 2. The van der Waals surface area contributed by atoms with Crippen molar-refractivity contribution in [2.75, 3.05) is 49.5 Å². The van der Waals surface area contributed by atoms with Gasteiger partial charge in [-0.2, -0.15) is 0 Å². The smallest absolute Gasteiger partial charge is 0.317 e. The van der Waals surface area contributed by atoms with Crippen LogP contribution in [0.2, 0.25) is 0 Å². The predicted octanol–water partition coefficient (Wildman–Crippen LogP) is 5.25. The Morgan fingerprint density at radius 2 is 1.85 bits per heavy atom. The number of pyridine rings is 1. The van der Waals surface area contributed by atoms with E-state index >= 15 is 0 Å². The van der Waals surface area contributed by atoms with E-state index in [1.54, 1.807) is 12.5 Å². The van der Waals surface area contributed by atoms with Crippen LogP contribution in [0, 0.1) is 0 Å². The molecule has 0 aliphatic carbocycles. The minimum absolute atomic E-state index is 0.0182. The molecule has 8 nitrogen and oxygen atoms in total. The summed E-state index contributed by atoms with van der Waals surface area (Å²) in [6, 6.07) is 1.95. The van der Waals surface area contributed by atoms with Crippen LogP contribution < -0.4 is 15.5 Å². The molecule has 3 rings (SSSR count). The zero-order valence-electron chi connectivity index (χ0n) is 21.0. The van der Waals surface area contributed by atoms with E-state index in [0.29, 0.717) is 24.5 Å². The van der Waals surface area contributed by atoms with Gasteiger partial charge < -0.3 is 20.4 Å². The predicted molar refractivity (Wildman–Crippen MR) is 142 cm³/mol. The third kappa shape index (κ3) is 7.99. The Balaban J connectivity index is 0.00000101. The number of hydrogen-bond donors (Lipinski definition) is 2. The Morgan fingerprint density at radius 1 is 1.18 bits per heavy atom. The van der Waals surface area contributed by atoms with Crippen molar-refractivity contribution >= 4 is 51.6 Å². The lowest BCUT2D eigenvalue weighted by Crippen LogP contribution is -2.51. The van der Waals surface area contributed by atoms with Gasteiger partial charge in [0.15, 0.2) is 6.29 Å². The van der Waals surface area contributed by atoms with Gasteiger partial charge in [-0.15, -0.1) is 11.3 Å². The number of carbonyl (C=O) groups excluding carboxylic acids is 2. The number of carbonyl (C=O) groups is 2. The van der Waals surface area contributed by atoms with E-state index in [1.807, 2.05) is 31.7 Å². The number of aromatic nitrogens is 1. The van der Waals surface area contributed by atoms with E-state index in [-0.39, 0.29) is 6.03 Å². The molecular weight excluding hydrogens is 436 g/mol. The minimum atomic E-state index is -0.0182. The number of fused-ring (bicyclic) bond motifs is 1. The summed E-state index contributed by atoms with van der Waals surface area (Å²) in [5, 5.41) is 6.98. The highest BCUT2D eigenvalue weighted by Crippen LogP contribution is 2.39. The zero-order chi connectivity index (χ0) is 24.6. The summed E-state index contributed by atoms with van der Waals surface area (Å²) < 4.78 is 0. The number of rotatable bonds is 7. The summed E-state index contributed by atoms with van der Waals surface area (Å²) in [5.74, 6) is 0. The lowest BCUT2D eigenvalue weighted by Gasteiger charge is -2.36. The molecule has 2 N–H and O–H groups in total. The van der Waals surface area contributed by atoms with Crippen LogP contribution in [0.1, 0.15) is 64.1 Å². The fourth-order valence-corrected chi connectivity index (χ4v) is 4.17. The van der Waals surface area contributed by atoms with Crippen molar-refractivity contribution in [2.45, 2.75) is 54.4 Å². The highest BCUT2D eigenvalue weighted by molar-refractivity contribution is 7.21. The van der Waals surface area contributed by atoms with Crippen molar-refractivity contribution < 1.29 is 9.59 Å². The molecule has 1 aliphatic heterocycles. The number of thiophene rings is 1. The van der Waals surface area contributed by atoms with Crippen LogP contribution in [0.25, 0.3) is 10.2 Å². The summed E-state index contributed by atoms with van der Waals surface area (Å²) in [5.41, 5.74) is 1.78. The van der Waals surface area contributed by atoms with Crippen molar-refractivity contribution in [3.8, 4) is 0 Å². The molecule has 0 aromatic carbocycles. The van der Waals surface area contributed by atoms with E-state index in [1.165, 1.54) is 17.8 Å². The Bertz CT molecular complexity index is 875. The van der Waals surface area contributed by atoms with Crippen molar-refractivity contribution in [1.29, 1.82) is 0 Å². The van der Waals surface area contributed by atoms with Gasteiger partial charge in [0, 0.05) is 45.5 Å². The second-order valence-electron chi connectivity index (χ2n) is 7.17.